The summed E-state index contributed by atoms with van der Waals surface area (Å²) in [7, 11) is 0. The van der Waals surface area contributed by atoms with E-state index in [1.165, 1.54) is 0 Å². The van der Waals surface area contributed by atoms with Crippen molar-refractivity contribution in [2.45, 2.75) is 25.8 Å². The highest BCUT2D eigenvalue weighted by Gasteiger charge is 2.26. The second-order valence-electron chi connectivity index (χ2n) is 5.92. The molecule has 0 aromatic heterocycles. The van der Waals surface area contributed by atoms with Gasteiger partial charge in [0.25, 0.3) is 5.91 Å². The van der Waals surface area contributed by atoms with Gasteiger partial charge in [-0.25, -0.2) is 4.79 Å². The third kappa shape index (κ3) is 4.18. The lowest BCUT2D eigenvalue weighted by Crippen LogP contribution is -2.46. The monoisotopic (exact) mass is 412 g/mol. The van der Waals surface area contributed by atoms with Crippen molar-refractivity contribution in [3.05, 3.63) is 22.2 Å². The maximum absolute atomic E-state index is 12.5. The van der Waals surface area contributed by atoms with E-state index in [0.717, 1.165) is 0 Å². The number of halogens is 1. The van der Waals surface area contributed by atoms with Gasteiger partial charge in [0.2, 0.25) is 0 Å². The Morgan fingerprint density at radius 2 is 2.00 bits per heavy atom. The molecule has 1 saturated heterocycles. The summed E-state index contributed by atoms with van der Waals surface area (Å²) >= 11 is 3.42. The average molecular weight is 413 g/mol. The fourth-order valence-electron chi connectivity index (χ4n) is 2.93. The van der Waals surface area contributed by atoms with E-state index in [9.17, 15) is 9.59 Å². The topological polar surface area (TPSA) is 77.1 Å². The molecule has 0 radical (unpaired) electrons. The normalized spacial score (nSPS) is 17.1. The van der Waals surface area contributed by atoms with Crippen LogP contribution in [0, 0.1) is 0 Å². The van der Waals surface area contributed by atoms with Crippen molar-refractivity contribution < 1.29 is 23.8 Å². The van der Waals surface area contributed by atoms with Gasteiger partial charge in [-0.05, 0) is 47.8 Å². The van der Waals surface area contributed by atoms with Gasteiger partial charge in [-0.3, -0.25) is 4.79 Å². The molecule has 7 nitrogen and oxygen atoms in total. The number of hydrogen-bond acceptors (Lipinski definition) is 5. The number of benzene rings is 1. The number of amides is 2. The molecule has 0 aliphatic carbocycles. The molecule has 25 heavy (non-hydrogen) atoms. The first-order chi connectivity index (χ1) is 12.1. The van der Waals surface area contributed by atoms with Gasteiger partial charge >= 0.3 is 6.09 Å². The first-order valence-corrected chi connectivity index (χ1v) is 9.19. The fraction of sp³-hybridized carbons (Fsp3) is 0.529. The molecule has 1 aromatic carbocycles. The summed E-state index contributed by atoms with van der Waals surface area (Å²) in [6.07, 6.45) is 1.12. The van der Waals surface area contributed by atoms with Gasteiger partial charge in [0.15, 0.2) is 11.5 Å². The van der Waals surface area contributed by atoms with Crippen LogP contribution in [0.4, 0.5) is 4.79 Å². The fourth-order valence-corrected chi connectivity index (χ4v) is 3.49. The third-order valence-corrected chi connectivity index (χ3v) is 4.80. The van der Waals surface area contributed by atoms with Gasteiger partial charge in [0, 0.05) is 24.7 Å². The van der Waals surface area contributed by atoms with Crippen LogP contribution >= 0.6 is 15.9 Å². The van der Waals surface area contributed by atoms with Gasteiger partial charge in [-0.1, -0.05) is 0 Å². The van der Waals surface area contributed by atoms with Crippen molar-refractivity contribution in [1.29, 1.82) is 0 Å². The number of carbonyl (C=O) groups is 2. The Morgan fingerprint density at radius 3 is 2.72 bits per heavy atom. The molecule has 2 heterocycles. The lowest BCUT2D eigenvalue weighted by molar-refractivity contribution is 0.0859. The zero-order chi connectivity index (χ0) is 17.8. The number of fused-ring (bicyclic) bond motifs is 1. The van der Waals surface area contributed by atoms with Gasteiger partial charge in [-0.15, -0.1) is 0 Å². The minimum absolute atomic E-state index is 0.0325. The first-order valence-electron chi connectivity index (χ1n) is 8.40. The number of nitrogens with one attached hydrogen (secondary N) is 1. The van der Waals surface area contributed by atoms with Crippen molar-refractivity contribution in [2.24, 2.45) is 0 Å². The molecule has 3 rings (SSSR count). The van der Waals surface area contributed by atoms with E-state index in [4.69, 9.17) is 14.2 Å². The number of hydrogen-bond donors (Lipinski definition) is 1. The Kier molecular flexibility index (Phi) is 5.67. The van der Waals surface area contributed by atoms with E-state index in [2.05, 4.69) is 21.2 Å². The van der Waals surface area contributed by atoms with Gasteiger partial charge < -0.3 is 24.4 Å². The predicted octanol–water partition coefficient (Wildman–Crippen LogP) is 2.57. The smallest absolute Gasteiger partial charge is 0.409 e. The highest BCUT2D eigenvalue weighted by molar-refractivity contribution is 9.10. The predicted molar refractivity (Wildman–Crippen MR) is 94.2 cm³/mol. The first kappa shape index (κ1) is 17.8. The van der Waals surface area contributed by atoms with E-state index in [1.807, 2.05) is 0 Å². The van der Waals surface area contributed by atoms with E-state index in [-0.39, 0.29) is 18.0 Å². The second kappa shape index (κ2) is 7.95. The lowest BCUT2D eigenvalue weighted by atomic mass is 10.0. The van der Waals surface area contributed by atoms with Crippen molar-refractivity contribution in [1.82, 2.24) is 10.2 Å². The molecular weight excluding hydrogens is 392 g/mol. The number of carbonyl (C=O) groups excluding carboxylic acids is 2. The third-order valence-electron chi connectivity index (χ3n) is 4.22. The SMILES string of the molecule is CCOC(=O)N1CCC(NC(=O)c2cc(Br)c3c(c2)OCCO3)CC1. The van der Waals surface area contributed by atoms with Crippen LogP contribution in [-0.4, -0.2) is 55.9 Å². The van der Waals surface area contributed by atoms with Gasteiger partial charge in [0.1, 0.15) is 13.2 Å². The van der Waals surface area contributed by atoms with Crippen LogP contribution < -0.4 is 14.8 Å². The molecule has 2 aliphatic heterocycles. The lowest BCUT2D eigenvalue weighted by Gasteiger charge is -2.31. The molecule has 2 aliphatic rings. The Hall–Kier alpha value is -1.96. The highest BCUT2D eigenvalue weighted by Crippen LogP contribution is 2.38. The van der Waals surface area contributed by atoms with Crippen molar-refractivity contribution >= 4 is 27.9 Å². The summed E-state index contributed by atoms with van der Waals surface area (Å²) in [4.78, 5) is 25.9. The Labute approximate surface area is 154 Å². The largest absolute Gasteiger partial charge is 0.486 e. The zero-order valence-corrected chi connectivity index (χ0v) is 15.6. The maximum atomic E-state index is 12.5. The van der Waals surface area contributed by atoms with Crippen LogP contribution in [0.25, 0.3) is 0 Å². The summed E-state index contributed by atoms with van der Waals surface area (Å²) in [5.74, 6) is 1.04. The Bertz CT molecular complexity index is 659. The van der Waals surface area contributed by atoms with Crippen LogP contribution in [-0.2, 0) is 4.74 Å². The zero-order valence-electron chi connectivity index (χ0n) is 14.0. The van der Waals surface area contributed by atoms with E-state index in [0.29, 0.717) is 67.3 Å². The van der Waals surface area contributed by atoms with E-state index < -0.39 is 0 Å². The van der Waals surface area contributed by atoms with Crippen LogP contribution in [0.15, 0.2) is 16.6 Å². The molecule has 1 aromatic rings. The quantitative estimate of drug-likeness (QED) is 0.825. The number of rotatable bonds is 3. The van der Waals surface area contributed by atoms with Crippen LogP contribution in [0.5, 0.6) is 11.5 Å². The summed E-state index contributed by atoms with van der Waals surface area (Å²) in [6.45, 7) is 4.28. The standard InChI is InChI=1S/C17H21BrN2O5/c1-2-23-17(22)20-5-3-12(4-6-20)19-16(21)11-9-13(18)15-14(10-11)24-7-8-25-15/h9-10,12H,2-8H2,1H3,(H,19,21). The van der Waals surface area contributed by atoms with Crippen molar-refractivity contribution in [3.8, 4) is 11.5 Å². The molecule has 0 spiro atoms. The summed E-state index contributed by atoms with van der Waals surface area (Å²) in [5.41, 5.74) is 0.518. The van der Waals surface area contributed by atoms with E-state index >= 15 is 0 Å². The highest BCUT2D eigenvalue weighted by atomic mass is 79.9. The number of piperidine rings is 1. The second-order valence-corrected chi connectivity index (χ2v) is 6.77. The Balaban J connectivity index is 1.58. The molecule has 0 saturated carbocycles. The molecule has 1 N–H and O–H groups in total. The summed E-state index contributed by atoms with van der Waals surface area (Å²) < 4.78 is 16.8. The minimum atomic E-state index is -0.289. The number of ether oxygens (including phenoxy) is 3. The minimum Gasteiger partial charge on any atom is -0.486 e. The van der Waals surface area contributed by atoms with Crippen molar-refractivity contribution in [3.63, 3.8) is 0 Å². The molecule has 2 amide bonds. The molecule has 0 bridgehead atoms. The van der Waals surface area contributed by atoms with Crippen LogP contribution in [0.1, 0.15) is 30.1 Å². The summed E-state index contributed by atoms with van der Waals surface area (Å²) in [5, 5.41) is 3.03. The maximum Gasteiger partial charge on any atom is 0.409 e. The molecule has 0 atom stereocenters. The number of likely N-dealkylation sites (tertiary alicyclic amines) is 1. The average Bonchev–Trinajstić information content (AvgIpc) is 2.62. The molecular formula is C17H21BrN2O5. The summed E-state index contributed by atoms with van der Waals surface area (Å²) in [6, 6.07) is 3.46. The van der Waals surface area contributed by atoms with Gasteiger partial charge in [0.05, 0.1) is 11.1 Å². The molecule has 1 fully saturated rings. The van der Waals surface area contributed by atoms with Crippen LogP contribution in [0.2, 0.25) is 0 Å². The van der Waals surface area contributed by atoms with Crippen molar-refractivity contribution in [2.75, 3.05) is 32.9 Å². The number of nitrogens with zero attached hydrogens (tertiary/aromatic N) is 1. The van der Waals surface area contributed by atoms with Crippen LogP contribution in [0.3, 0.4) is 0 Å². The van der Waals surface area contributed by atoms with Gasteiger partial charge in [-0.2, -0.15) is 0 Å². The van der Waals surface area contributed by atoms with E-state index in [1.54, 1.807) is 24.0 Å². The molecule has 8 heteroatoms. The molecule has 136 valence electrons. The Morgan fingerprint density at radius 1 is 1.28 bits per heavy atom. The molecule has 0 unspecified atom stereocenters.